The second-order valence-electron chi connectivity index (χ2n) is 7.18. The number of carbonyl (C=O) groups excluding carboxylic acids is 3. The largest absolute Gasteiger partial charge is 0.487 e. The highest BCUT2D eigenvalue weighted by Crippen LogP contribution is 2.35. The molecule has 1 saturated heterocycles. The van der Waals surface area contributed by atoms with Gasteiger partial charge >= 0.3 is 5.97 Å². The van der Waals surface area contributed by atoms with E-state index in [0.29, 0.717) is 11.3 Å². The average Bonchev–Trinajstić information content (AvgIpc) is 3.00. The summed E-state index contributed by atoms with van der Waals surface area (Å²) < 4.78 is 12.6. The number of nitriles is 1. The number of carbonyl (C=O) groups is 3. The molecule has 170 valence electrons. The van der Waals surface area contributed by atoms with Gasteiger partial charge in [-0.05, 0) is 101 Å². The Bertz CT molecular complexity index is 1170. The molecule has 0 bridgehead atoms. The molecule has 2 aromatic carbocycles. The molecule has 3 rings (SSSR count). The number of hydrogen-bond acceptors (Lipinski definition) is 7. The van der Waals surface area contributed by atoms with Gasteiger partial charge in [0.05, 0.1) is 29.8 Å². The van der Waals surface area contributed by atoms with Crippen LogP contribution < -0.4 is 4.74 Å². The van der Waals surface area contributed by atoms with Crippen LogP contribution in [-0.4, -0.2) is 34.7 Å². The van der Waals surface area contributed by atoms with E-state index in [1.54, 1.807) is 32.1 Å². The molecule has 1 aliphatic heterocycles. The van der Waals surface area contributed by atoms with Gasteiger partial charge in [0.1, 0.15) is 18.9 Å². The molecule has 33 heavy (non-hydrogen) atoms. The molecule has 0 radical (unpaired) electrons. The second kappa shape index (κ2) is 11.3. The summed E-state index contributed by atoms with van der Waals surface area (Å²) in [6.45, 7) is 3.24. The van der Waals surface area contributed by atoms with Gasteiger partial charge in [-0.3, -0.25) is 19.3 Å². The van der Waals surface area contributed by atoms with E-state index in [0.717, 1.165) is 34.9 Å². The zero-order valence-electron chi connectivity index (χ0n) is 17.6. The maximum atomic E-state index is 12.7. The molecule has 0 saturated carbocycles. The van der Waals surface area contributed by atoms with E-state index in [-0.39, 0.29) is 17.6 Å². The Balaban J connectivity index is 1.75. The Morgan fingerprint density at radius 2 is 1.88 bits per heavy atom. The molecule has 0 aliphatic carbocycles. The van der Waals surface area contributed by atoms with Gasteiger partial charge in [0.2, 0.25) is 0 Å². The highest BCUT2D eigenvalue weighted by Gasteiger charge is 2.36. The van der Waals surface area contributed by atoms with Gasteiger partial charge in [0.25, 0.3) is 11.1 Å². The van der Waals surface area contributed by atoms with Crippen LogP contribution in [0.3, 0.4) is 0 Å². The lowest BCUT2D eigenvalue weighted by molar-refractivity contribution is -0.149. The number of benzene rings is 2. The van der Waals surface area contributed by atoms with Gasteiger partial charge < -0.3 is 9.47 Å². The van der Waals surface area contributed by atoms with Crippen LogP contribution in [0.2, 0.25) is 0 Å². The van der Waals surface area contributed by atoms with Crippen molar-refractivity contribution in [2.24, 2.45) is 0 Å². The molecule has 2 aromatic rings. The normalized spacial score (nSPS) is 14.7. The first-order valence-electron chi connectivity index (χ1n) is 9.74. The van der Waals surface area contributed by atoms with E-state index >= 15 is 0 Å². The first-order chi connectivity index (χ1) is 15.7. The van der Waals surface area contributed by atoms with Crippen LogP contribution in [0.4, 0.5) is 4.79 Å². The summed E-state index contributed by atoms with van der Waals surface area (Å²) in [7, 11) is 0. The summed E-state index contributed by atoms with van der Waals surface area (Å²) >= 11 is 5.08. The molecular formula is C23H18I2N2O5S. The lowest BCUT2D eigenvalue weighted by Gasteiger charge is -2.13. The third-order valence-electron chi connectivity index (χ3n) is 4.36. The standard InChI is InChI=1S/C23H18I2N2O5S/c1-13(2)32-20(28)11-27-22(29)19(33-23(27)30)9-14-7-17(24)21(18(25)8-14)31-12-16-6-4-3-5-15(16)10-26/h3-9,13H,11-12H2,1-2H3/b19-9+. The predicted molar refractivity (Wildman–Crippen MR) is 141 cm³/mol. The van der Waals surface area contributed by atoms with Crippen LogP contribution in [0.1, 0.15) is 30.5 Å². The predicted octanol–water partition coefficient (Wildman–Crippen LogP) is 5.33. The van der Waals surface area contributed by atoms with E-state index in [1.165, 1.54) is 0 Å². The van der Waals surface area contributed by atoms with E-state index in [4.69, 9.17) is 9.47 Å². The van der Waals surface area contributed by atoms with Gasteiger partial charge in [-0.1, -0.05) is 18.2 Å². The van der Waals surface area contributed by atoms with Gasteiger partial charge in [0.15, 0.2) is 0 Å². The van der Waals surface area contributed by atoms with Crippen molar-refractivity contribution in [3.8, 4) is 11.8 Å². The minimum absolute atomic E-state index is 0.237. The second-order valence-corrected chi connectivity index (χ2v) is 10.5. The maximum Gasteiger partial charge on any atom is 0.326 e. The molecule has 0 atom stereocenters. The third kappa shape index (κ3) is 6.48. The van der Waals surface area contributed by atoms with Crippen molar-refractivity contribution >= 4 is 80.1 Å². The Labute approximate surface area is 222 Å². The van der Waals surface area contributed by atoms with E-state index in [9.17, 15) is 19.6 Å². The monoisotopic (exact) mass is 688 g/mol. The molecular weight excluding hydrogens is 670 g/mol. The summed E-state index contributed by atoms with van der Waals surface area (Å²) in [6, 6.07) is 13.1. The Morgan fingerprint density at radius 1 is 1.21 bits per heavy atom. The fourth-order valence-corrected chi connectivity index (χ4v) is 5.89. The van der Waals surface area contributed by atoms with Crippen molar-refractivity contribution in [3.63, 3.8) is 0 Å². The molecule has 0 unspecified atom stereocenters. The topological polar surface area (TPSA) is 96.7 Å². The molecule has 1 fully saturated rings. The molecule has 2 amide bonds. The average molecular weight is 688 g/mol. The first-order valence-corrected chi connectivity index (χ1v) is 12.7. The van der Waals surface area contributed by atoms with Crippen LogP contribution in [0.15, 0.2) is 41.3 Å². The summed E-state index contributed by atoms with van der Waals surface area (Å²) in [5.41, 5.74) is 2.08. The number of hydrogen-bond donors (Lipinski definition) is 0. The number of amides is 2. The summed E-state index contributed by atoms with van der Waals surface area (Å²) in [6.07, 6.45) is 1.30. The summed E-state index contributed by atoms with van der Waals surface area (Å²) in [5.74, 6) is -0.480. The molecule has 1 heterocycles. The van der Waals surface area contributed by atoms with Gasteiger partial charge in [-0.2, -0.15) is 5.26 Å². The summed E-state index contributed by atoms with van der Waals surface area (Å²) in [5, 5.41) is 8.74. The van der Waals surface area contributed by atoms with E-state index in [1.807, 2.05) is 24.3 Å². The van der Waals surface area contributed by atoms with Crippen molar-refractivity contribution in [2.75, 3.05) is 6.54 Å². The van der Waals surface area contributed by atoms with Crippen molar-refractivity contribution in [1.82, 2.24) is 4.90 Å². The molecule has 10 heteroatoms. The number of ether oxygens (including phenoxy) is 2. The number of nitrogens with zero attached hydrogens (tertiary/aromatic N) is 2. The number of imide groups is 1. The quantitative estimate of drug-likeness (QED) is 0.221. The fraction of sp³-hybridized carbons (Fsp3) is 0.217. The van der Waals surface area contributed by atoms with Crippen LogP contribution in [0.25, 0.3) is 6.08 Å². The van der Waals surface area contributed by atoms with Gasteiger partial charge in [0, 0.05) is 5.56 Å². The van der Waals surface area contributed by atoms with E-state index in [2.05, 4.69) is 51.3 Å². The van der Waals surface area contributed by atoms with Crippen molar-refractivity contribution in [3.05, 3.63) is 65.1 Å². The van der Waals surface area contributed by atoms with Crippen molar-refractivity contribution < 1.29 is 23.9 Å². The molecule has 0 N–H and O–H groups in total. The number of halogens is 2. The summed E-state index contributed by atoms with van der Waals surface area (Å²) in [4.78, 5) is 37.9. The van der Waals surface area contributed by atoms with Crippen molar-refractivity contribution in [1.29, 1.82) is 5.26 Å². The molecule has 0 aromatic heterocycles. The number of thioether (sulfide) groups is 1. The number of rotatable bonds is 7. The Morgan fingerprint density at radius 3 is 2.52 bits per heavy atom. The van der Waals surface area contributed by atoms with Crippen LogP contribution in [-0.2, 0) is 20.9 Å². The highest BCUT2D eigenvalue weighted by atomic mass is 127. The lowest BCUT2D eigenvalue weighted by atomic mass is 10.1. The van der Waals surface area contributed by atoms with Crippen LogP contribution in [0, 0.1) is 18.5 Å². The molecule has 1 aliphatic rings. The van der Waals surface area contributed by atoms with Crippen molar-refractivity contribution in [2.45, 2.75) is 26.6 Å². The third-order valence-corrected chi connectivity index (χ3v) is 6.87. The number of esters is 1. The first kappa shape index (κ1) is 25.5. The minimum Gasteiger partial charge on any atom is -0.487 e. The van der Waals surface area contributed by atoms with Crippen LogP contribution in [0.5, 0.6) is 5.75 Å². The zero-order chi connectivity index (χ0) is 24.1. The maximum absolute atomic E-state index is 12.7. The van der Waals surface area contributed by atoms with Crippen LogP contribution >= 0.6 is 56.9 Å². The van der Waals surface area contributed by atoms with Gasteiger partial charge in [-0.15, -0.1) is 0 Å². The molecule has 0 spiro atoms. The fourth-order valence-electron chi connectivity index (χ4n) is 2.92. The minimum atomic E-state index is -0.628. The van der Waals surface area contributed by atoms with Gasteiger partial charge in [-0.25, -0.2) is 0 Å². The Kier molecular flexibility index (Phi) is 8.77. The smallest absolute Gasteiger partial charge is 0.326 e. The lowest BCUT2D eigenvalue weighted by Crippen LogP contribution is -2.35. The highest BCUT2D eigenvalue weighted by molar-refractivity contribution is 14.1. The van der Waals surface area contributed by atoms with E-state index < -0.39 is 23.7 Å². The zero-order valence-corrected chi connectivity index (χ0v) is 22.8. The SMILES string of the molecule is CC(C)OC(=O)CN1C(=O)S/C(=C/c2cc(I)c(OCc3ccccc3C#N)c(I)c2)C1=O. The molecule has 7 nitrogen and oxygen atoms in total. The Hall–Kier alpha value is -2.11.